The molecule has 0 saturated carbocycles. The Balaban J connectivity index is 0.00000280. The van der Waals surface area contributed by atoms with E-state index in [1.54, 1.807) is 26.0 Å². The number of aliphatic carboxylic acids is 1. The summed E-state index contributed by atoms with van der Waals surface area (Å²) < 4.78 is 29.5. The van der Waals surface area contributed by atoms with Gasteiger partial charge in [-0.15, -0.1) is 15.5 Å². The zero-order chi connectivity index (χ0) is 20.1. The van der Waals surface area contributed by atoms with Crippen molar-refractivity contribution in [3.05, 3.63) is 29.8 Å². The Morgan fingerprint density at radius 3 is 2.43 bits per heavy atom. The zero-order valence-electron chi connectivity index (χ0n) is 16.1. The number of β-lactam (4-membered cyclic amide) rings is 1. The monoisotopic (exact) mass is 451 g/mol. The molecule has 28 heavy (non-hydrogen) atoms. The molecule has 2 fully saturated rings. The minimum atomic E-state index is -3.77. The first kappa shape index (κ1) is 23.7. The molecule has 12 heteroatoms. The summed E-state index contributed by atoms with van der Waals surface area (Å²) in [7, 11) is -2.42. The Morgan fingerprint density at radius 1 is 1.32 bits per heavy atom. The second-order valence-electron chi connectivity index (χ2n) is 6.79. The number of carboxylic acid groups (broad SMARTS) is 1. The maximum absolute atomic E-state index is 12.6. The molecule has 2 heterocycles. The van der Waals surface area contributed by atoms with E-state index in [0.29, 0.717) is 12.1 Å². The number of hydrogen-bond acceptors (Lipinski definition) is 8. The van der Waals surface area contributed by atoms with Gasteiger partial charge in [0.2, 0.25) is 0 Å². The number of benzene rings is 1. The number of carbonyl (C=O) groups excluding carboxylic acids is 2. The average molecular weight is 452 g/mol. The van der Waals surface area contributed by atoms with Crippen molar-refractivity contribution in [2.75, 3.05) is 7.05 Å². The van der Waals surface area contributed by atoms with E-state index < -0.39 is 38.1 Å². The van der Waals surface area contributed by atoms with Crippen LogP contribution >= 0.6 is 23.9 Å². The number of sulfonamides is 1. The van der Waals surface area contributed by atoms with Gasteiger partial charge in [0.15, 0.2) is 0 Å². The van der Waals surface area contributed by atoms with Gasteiger partial charge in [0.1, 0.15) is 11.1 Å². The summed E-state index contributed by atoms with van der Waals surface area (Å²) in [5.74, 6) is -1.82. The molecular weight excluding hydrogens is 433 g/mol. The average Bonchev–Trinajstić information content (AvgIpc) is 2.83. The number of nitrogens with zero attached hydrogens (tertiary/aromatic N) is 3. The number of hydrogen-bond donors (Lipinski definition) is 0. The van der Waals surface area contributed by atoms with Crippen molar-refractivity contribution in [2.45, 2.75) is 41.8 Å². The van der Waals surface area contributed by atoms with Crippen LogP contribution in [0, 0.1) is 6.92 Å². The molecule has 1 aromatic carbocycles. The molecule has 8 nitrogen and oxygen atoms in total. The van der Waals surface area contributed by atoms with Crippen LogP contribution in [0.25, 0.3) is 0 Å². The van der Waals surface area contributed by atoms with Gasteiger partial charge in [-0.05, 0) is 32.9 Å². The fourth-order valence-electron chi connectivity index (χ4n) is 2.95. The maximum atomic E-state index is 12.6. The smallest absolute Gasteiger partial charge is 0.548 e. The third-order valence-electron chi connectivity index (χ3n) is 4.43. The first-order valence-corrected chi connectivity index (χ1v) is 11.0. The Bertz CT molecular complexity index is 933. The molecule has 0 unspecified atom stereocenters. The van der Waals surface area contributed by atoms with E-state index in [-0.39, 0.29) is 40.2 Å². The van der Waals surface area contributed by atoms with Crippen LogP contribution < -0.4 is 34.7 Å². The second-order valence-corrected chi connectivity index (χ2v) is 11.6. The summed E-state index contributed by atoms with van der Waals surface area (Å²) in [5, 5.41) is 10.9. The molecule has 0 aromatic heterocycles. The molecular formula is C16H18N3NaO5S3. The van der Waals surface area contributed by atoms with Crippen molar-refractivity contribution in [1.29, 1.82) is 0 Å². The van der Waals surface area contributed by atoms with E-state index in [2.05, 4.69) is 4.40 Å². The van der Waals surface area contributed by atoms with Crippen LogP contribution in [0.15, 0.2) is 33.6 Å². The molecule has 0 spiro atoms. The number of rotatable bonds is 5. The minimum Gasteiger partial charge on any atom is -0.548 e. The van der Waals surface area contributed by atoms with Crippen molar-refractivity contribution in [1.82, 2.24) is 8.61 Å². The molecule has 2 aliphatic heterocycles. The molecule has 0 radical (unpaired) electrons. The molecule has 1 amide bonds. The van der Waals surface area contributed by atoms with E-state index in [9.17, 15) is 23.1 Å². The van der Waals surface area contributed by atoms with Gasteiger partial charge in [0, 0.05) is 11.8 Å². The van der Waals surface area contributed by atoms with E-state index in [1.165, 1.54) is 35.8 Å². The molecule has 2 atom stereocenters. The van der Waals surface area contributed by atoms with Crippen LogP contribution in [0.4, 0.5) is 0 Å². The molecule has 1 aromatic rings. The van der Waals surface area contributed by atoms with Gasteiger partial charge in [-0.25, -0.2) is 8.42 Å². The number of fused-ring (bicyclic) bond motifs is 1. The van der Waals surface area contributed by atoms with Gasteiger partial charge in [-0.1, -0.05) is 17.7 Å². The number of carboxylic acids is 1. The van der Waals surface area contributed by atoms with Gasteiger partial charge in [0.05, 0.1) is 29.0 Å². The van der Waals surface area contributed by atoms with Gasteiger partial charge < -0.3 is 14.8 Å². The van der Waals surface area contributed by atoms with Crippen LogP contribution in [0.5, 0.6) is 0 Å². The fraction of sp³-hybridized carbons (Fsp3) is 0.438. The second kappa shape index (κ2) is 8.29. The van der Waals surface area contributed by atoms with Crippen LogP contribution in [-0.2, 0) is 19.6 Å². The number of aryl methyl sites for hydroxylation is 1. The van der Waals surface area contributed by atoms with E-state index in [0.717, 1.165) is 9.27 Å². The summed E-state index contributed by atoms with van der Waals surface area (Å²) >= 11 is 1.93. The normalized spacial score (nSPS) is 24.7. The topological polar surface area (TPSA) is 110 Å². The van der Waals surface area contributed by atoms with Crippen molar-refractivity contribution in [2.24, 2.45) is 4.40 Å². The summed E-state index contributed by atoms with van der Waals surface area (Å²) in [5.41, 5.74) is 1.08. The summed E-state index contributed by atoms with van der Waals surface area (Å²) in [6.45, 7) is 5.31. The number of thioether (sulfide) groups is 1. The molecule has 0 aliphatic carbocycles. The van der Waals surface area contributed by atoms with Crippen molar-refractivity contribution in [3.8, 4) is 0 Å². The Hall–Kier alpha value is -0.560. The Kier molecular flexibility index (Phi) is 7.02. The van der Waals surface area contributed by atoms with E-state index in [4.69, 9.17) is 0 Å². The van der Waals surface area contributed by atoms with Crippen LogP contribution in [0.1, 0.15) is 19.4 Å². The minimum absolute atomic E-state index is 0. The Morgan fingerprint density at radius 2 is 1.89 bits per heavy atom. The van der Waals surface area contributed by atoms with Gasteiger partial charge in [-0.3, -0.25) is 4.79 Å². The van der Waals surface area contributed by atoms with Crippen LogP contribution in [0.2, 0.25) is 0 Å². The van der Waals surface area contributed by atoms with Gasteiger partial charge in [-0.2, -0.15) is 4.40 Å². The maximum Gasteiger partial charge on any atom is 1.00 e. The first-order valence-electron chi connectivity index (χ1n) is 7.99. The molecule has 3 rings (SSSR count). The first-order chi connectivity index (χ1) is 12.5. The number of amides is 1. The predicted molar refractivity (Wildman–Crippen MR) is 102 cm³/mol. The molecule has 0 N–H and O–H groups in total. The third-order valence-corrected chi connectivity index (χ3v) is 8.77. The van der Waals surface area contributed by atoms with Crippen molar-refractivity contribution in [3.63, 3.8) is 0 Å². The molecule has 2 saturated heterocycles. The Labute approximate surface area is 194 Å². The van der Waals surface area contributed by atoms with Crippen LogP contribution in [0.3, 0.4) is 0 Å². The molecule has 0 bridgehead atoms. The van der Waals surface area contributed by atoms with E-state index >= 15 is 0 Å². The standard InChI is InChI=1S/C16H19N3O5S3.Na/c1-9-5-7-10(8-6-9)27(23,24)18(4)26-17-11-13(20)19-12(15(21)22)16(2,3)25-14(11)19;/h5-8,12,14H,1-4H3,(H,21,22);/q;+1/p-1/t12-,14+;/m0./s1. The van der Waals surface area contributed by atoms with Crippen LogP contribution in [-0.4, -0.2) is 57.8 Å². The molecule has 2 aliphatic rings. The fourth-order valence-corrected chi connectivity index (χ4v) is 6.39. The summed E-state index contributed by atoms with van der Waals surface area (Å²) in [6, 6.07) is 5.36. The number of carbonyl (C=O) groups is 2. The predicted octanol–water partition coefficient (Wildman–Crippen LogP) is -2.56. The summed E-state index contributed by atoms with van der Waals surface area (Å²) in [4.78, 5) is 25.1. The molecule has 146 valence electrons. The van der Waals surface area contributed by atoms with E-state index in [1.807, 2.05) is 6.92 Å². The third kappa shape index (κ3) is 4.03. The quantitative estimate of drug-likeness (QED) is 0.275. The van der Waals surface area contributed by atoms with Gasteiger partial charge in [0.25, 0.3) is 15.9 Å². The SMILES string of the molecule is Cc1ccc(S(=O)(=O)N(C)SN=C2C(=O)N3[C@@H]2SC(C)(C)[C@@H]3C(=O)[O-])cc1.[Na+]. The van der Waals surface area contributed by atoms with Crippen molar-refractivity contribution >= 4 is 51.5 Å². The zero-order valence-corrected chi connectivity index (χ0v) is 20.5. The summed E-state index contributed by atoms with van der Waals surface area (Å²) in [6.07, 6.45) is 0. The largest absolute Gasteiger partial charge is 1.00 e. The van der Waals surface area contributed by atoms with Gasteiger partial charge >= 0.3 is 29.6 Å². The van der Waals surface area contributed by atoms with Crippen molar-refractivity contribution < 1.29 is 52.7 Å².